The zero-order valence-corrected chi connectivity index (χ0v) is 13.1. The van der Waals surface area contributed by atoms with Gasteiger partial charge >= 0.3 is 0 Å². The fourth-order valence-corrected chi connectivity index (χ4v) is 3.26. The summed E-state index contributed by atoms with van der Waals surface area (Å²) in [5.74, 6) is -0.272. The van der Waals surface area contributed by atoms with E-state index in [4.69, 9.17) is 17.3 Å². The Morgan fingerprint density at radius 1 is 1.45 bits per heavy atom. The van der Waals surface area contributed by atoms with E-state index in [1.54, 1.807) is 29.5 Å². The standard InChI is InChI=1S/C14H16ClN3OS/c1-7-13(20-9(3)17-7)8(2)18-14(19)12-10(15)5-4-6-11(12)16/h4-6,8H,16H2,1-3H3,(H,18,19). The molecular formula is C14H16ClN3OS. The number of rotatable bonds is 3. The Balaban J connectivity index is 2.22. The number of carbonyl (C=O) groups is 1. The third kappa shape index (κ3) is 2.94. The van der Waals surface area contributed by atoms with Crippen molar-refractivity contribution in [3.63, 3.8) is 0 Å². The van der Waals surface area contributed by atoms with Crippen LogP contribution in [0.5, 0.6) is 0 Å². The SMILES string of the molecule is Cc1nc(C)c(C(C)NC(=O)c2c(N)cccc2Cl)s1. The van der Waals surface area contributed by atoms with Crippen LogP contribution in [0.25, 0.3) is 0 Å². The lowest BCUT2D eigenvalue weighted by Crippen LogP contribution is -2.27. The van der Waals surface area contributed by atoms with E-state index in [2.05, 4.69) is 10.3 Å². The zero-order valence-electron chi connectivity index (χ0n) is 11.5. The van der Waals surface area contributed by atoms with Crippen LogP contribution in [0.2, 0.25) is 5.02 Å². The molecule has 0 saturated heterocycles. The molecule has 1 amide bonds. The number of anilines is 1. The van der Waals surface area contributed by atoms with E-state index in [1.807, 2.05) is 20.8 Å². The molecule has 0 radical (unpaired) electrons. The summed E-state index contributed by atoms with van der Waals surface area (Å²) in [6, 6.07) is 4.89. The Kier molecular flexibility index (Phi) is 4.30. The topological polar surface area (TPSA) is 68.0 Å². The Bertz CT molecular complexity index is 634. The van der Waals surface area contributed by atoms with Crippen molar-refractivity contribution in [3.05, 3.63) is 44.4 Å². The predicted octanol–water partition coefficient (Wildman–Crippen LogP) is 3.49. The van der Waals surface area contributed by atoms with E-state index in [0.29, 0.717) is 16.3 Å². The molecule has 106 valence electrons. The van der Waals surface area contributed by atoms with E-state index in [0.717, 1.165) is 15.6 Å². The summed E-state index contributed by atoms with van der Waals surface area (Å²) in [6.07, 6.45) is 0. The molecule has 3 N–H and O–H groups in total. The highest BCUT2D eigenvalue weighted by atomic mass is 35.5. The van der Waals surface area contributed by atoms with Crippen molar-refractivity contribution in [2.24, 2.45) is 0 Å². The monoisotopic (exact) mass is 309 g/mol. The van der Waals surface area contributed by atoms with E-state index in [1.165, 1.54) is 0 Å². The summed E-state index contributed by atoms with van der Waals surface area (Å²) in [7, 11) is 0. The quantitative estimate of drug-likeness (QED) is 0.853. The third-order valence-electron chi connectivity index (χ3n) is 2.95. The van der Waals surface area contributed by atoms with Crippen LogP contribution < -0.4 is 11.1 Å². The molecular weight excluding hydrogens is 294 g/mol. The highest BCUT2D eigenvalue weighted by molar-refractivity contribution is 7.11. The first kappa shape index (κ1) is 14.8. The number of carbonyl (C=O) groups excluding carboxylic acids is 1. The molecule has 0 spiro atoms. The van der Waals surface area contributed by atoms with Crippen molar-refractivity contribution < 1.29 is 4.79 Å². The van der Waals surface area contributed by atoms with Gasteiger partial charge in [-0.25, -0.2) is 4.98 Å². The van der Waals surface area contributed by atoms with E-state index in [9.17, 15) is 4.79 Å². The molecule has 2 aromatic rings. The Morgan fingerprint density at radius 3 is 2.70 bits per heavy atom. The minimum atomic E-state index is -0.272. The lowest BCUT2D eigenvalue weighted by molar-refractivity contribution is 0.0941. The second kappa shape index (κ2) is 5.81. The van der Waals surface area contributed by atoms with Gasteiger partial charge in [-0.05, 0) is 32.9 Å². The molecule has 2 rings (SSSR count). The molecule has 0 aliphatic rings. The molecule has 0 bridgehead atoms. The van der Waals surface area contributed by atoms with Crippen LogP contribution in [0.4, 0.5) is 5.69 Å². The summed E-state index contributed by atoms with van der Waals surface area (Å²) in [6.45, 7) is 5.80. The fraction of sp³-hybridized carbons (Fsp3) is 0.286. The number of aromatic nitrogens is 1. The molecule has 0 aliphatic heterocycles. The van der Waals surface area contributed by atoms with Gasteiger partial charge in [0.25, 0.3) is 5.91 Å². The number of hydrogen-bond acceptors (Lipinski definition) is 4. The van der Waals surface area contributed by atoms with Crippen LogP contribution >= 0.6 is 22.9 Å². The van der Waals surface area contributed by atoms with Crippen LogP contribution in [0.1, 0.15) is 38.9 Å². The summed E-state index contributed by atoms with van der Waals surface area (Å²) in [4.78, 5) is 17.7. The van der Waals surface area contributed by atoms with Crippen molar-refractivity contribution >= 4 is 34.5 Å². The average molecular weight is 310 g/mol. The van der Waals surface area contributed by atoms with E-state index >= 15 is 0 Å². The summed E-state index contributed by atoms with van der Waals surface area (Å²) in [5.41, 5.74) is 7.45. The van der Waals surface area contributed by atoms with Gasteiger partial charge in [0.05, 0.1) is 27.3 Å². The second-order valence-electron chi connectivity index (χ2n) is 4.58. The highest BCUT2D eigenvalue weighted by Gasteiger charge is 2.19. The molecule has 1 atom stereocenters. The normalized spacial score (nSPS) is 12.2. The lowest BCUT2D eigenvalue weighted by Gasteiger charge is -2.14. The first-order valence-electron chi connectivity index (χ1n) is 6.19. The van der Waals surface area contributed by atoms with Crippen molar-refractivity contribution in [1.82, 2.24) is 10.3 Å². The van der Waals surface area contributed by atoms with Crippen LogP contribution in [0.15, 0.2) is 18.2 Å². The average Bonchev–Trinajstić information content (AvgIpc) is 2.68. The van der Waals surface area contributed by atoms with Crippen molar-refractivity contribution in [1.29, 1.82) is 0 Å². The molecule has 1 aromatic heterocycles. The minimum Gasteiger partial charge on any atom is -0.398 e. The van der Waals surface area contributed by atoms with Crippen LogP contribution in [-0.4, -0.2) is 10.9 Å². The number of halogens is 1. The number of nitrogens with two attached hydrogens (primary N) is 1. The number of amides is 1. The largest absolute Gasteiger partial charge is 0.398 e. The number of hydrogen-bond donors (Lipinski definition) is 2. The summed E-state index contributed by atoms with van der Waals surface area (Å²) in [5, 5.41) is 4.25. The Morgan fingerprint density at radius 2 is 2.15 bits per heavy atom. The molecule has 6 heteroatoms. The Labute approximate surface area is 127 Å². The van der Waals surface area contributed by atoms with Crippen molar-refractivity contribution in [2.45, 2.75) is 26.8 Å². The number of nitrogen functional groups attached to an aromatic ring is 1. The van der Waals surface area contributed by atoms with Gasteiger partial charge in [-0.3, -0.25) is 4.79 Å². The summed E-state index contributed by atoms with van der Waals surface area (Å²) >= 11 is 7.62. The fourth-order valence-electron chi connectivity index (χ4n) is 2.06. The maximum Gasteiger partial charge on any atom is 0.255 e. The molecule has 1 aromatic carbocycles. The van der Waals surface area contributed by atoms with E-state index in [-0.39, 0.29) is 11.9 Å². The molecule has 0 saturated carbocycles. The van der Waals surface area contributed by atoms with Gasteiger partial charge in [0.15, 0.2) is 0 Å². The number of aryl methyl sites for hydroxylation is 2. The van der Waals surface area contributed by atoms with Gasteiger partial charge in [0.2, 0.25) is 0 Å². The summed E-state index contributed by atoms with van der Waals surface area (Å²) < 4.78 is 0. The molecule has 1 heterocycles. The molecule has 1 unspecified atom stereocenters. The molecule has 20 heavy (non-hydrogen) atoms. The Hall–Kier alpha value is -1.59. The van der Waals surface area contributed by atoms with Gasteiger partial charge in [0, 0.05) is 10.6 Å². The zero-order chi connectivity index (χ0) is 14.9. The first-order valence-corrected chi connectivity index (χ1v) is 7.38. The maximum atomic E-state index is 12.3. The molecule has 4 nitrogen and oxygen atoms in total. The lowest BCUT2D eigenvalue weighted by atomic mass is 10.1. The number of thiazole rings is 1. The molecule has 0 fully saturated rings. The number of nitrogens with zero attached hydrogens (tertiary/aromatic N) is 1. The molecule has 0 aliphatic carbocycles. The highest BCUT2D eigenvalue weighted by Crippen LogP contribution is 2.26. The maximum absolute atomic E-state index is 12.3. The van der Waals surface area contributed by atoms with Crippen molar-refractivity contribution in [2.75, 3.05) is 5.73 Å². The van der Waals surface area contributed by atoms with Crippen LogP contribution in [0, 0.1) is 13.8 Å². The number of benzene rings is 1. The van der Waals surface area contributed by atoms with Gasteiger partial charge in [-0.1, -0.05) is 17.7 Å². The smallest absolute Gasteiger partial charge is 0.255 e. The van der Waals surface area contributed by atoms with Crippen LogP contribution in [-0.2, 0) is 0 Å². The first-order chi connectivity index (χ1) is 9.40. The van der Waals surface area contributed by atoms with Gasteiger partial charge in [0.1, 0.15) is 0 Å². The predicted molar refractivity (Wildman–Crippen MR) is 83.3 cm³/mol. The van der Waals surface area contributed by atoms with E-state index < -0.39 is 0 Å². The third-order valence-corrected chi connectivity index (χ3v) is 4.52. The van der Waals surface area contributed by atoms with Gasteiger partial charge in [-0.15, -0.1) is 11.3 Å². The van der Waals surface area contributed by atoms with Crippen LogP contribution in [0.3, 0.4) is 0 Å². The minimum absolute atomic E-state index is 0.135. The number of nitrogens with one attached hydrogen (secondary N) is 1. The second-order valence-corrected chi connectivity index (χ2v) is 6.22. The van der Waals surface area contributed by atoms with Gasteiger partial charge < -0.3 is 11.1 Å². The van der Waals surface area contributed by atoms with Crippen molar-refractivity contribution in [3.8, 4) is 0 Å². The van der Waals surface area contributed by atoms with Gasteiger partial charge in [-0.2, -0.15) is 0 Å².